The van der Waals surface area contributed by atoms with Gasteiger partial charge in [0.05, 0.1) is 0 Å². The van der Waals surface area contributed by atoms with Crippen molar-refractivity contribution in [1.82, 2.24) is 0 Å². The zero-order chi connectivity index (χ0) is 24.0. The number of thiophene rings is 2. The van der Waals surface area contributed by atoms with Gasteiger partial charge < -0.3 is 0 Å². The van der Waals surface area contributed by atoms with Crippen molar-refractivity contribution < 1.29 is 9.59 Å². The average molecular weight is 561 g/mol. The first-order valence-corrected chi connectivity index (χ1v) is 15.5. The van der Waals surface area contributed by atoms with Crippen LogP contribution in [0.1, 0.15) is 54.1 Å². The fourth-order valence-electron chi connectivity index (χ4n) is 5.36. The van der Waals surface area contributed by atoms with E-state index in [4.69, 9.17) is 0 Å². The van der Waals surface area contributed by atoms with Gasteiger partial charge in [0.2, 0.25) is 0 Å². The van der Waals surface area contributed by atoms with E-state index >= 15 is 0 Å². The molecule has 0 radical (unpaired) electrons. The zero-order valence-corrected chi connectivity index (χ0v) is 23.6. The smallest absolute Gasteiger partial charge is 0.195 e. The molecule has 0 fully saturated rings. The summed E-state index contributed by atoms with van der Waals surface area (Å²) >= 11 is 21.3. The molecule has 2 aromatic heterocycles. The molecule has 5 rings (SSSR count). The number of ketones is 2. The Kier molecular flexibility index (Phi) is 7.45. The van der Waals surface area contributed by atoms with Crippen LogP contribution in [0.3, 0.4) is 0 Å². The molecule has 2 nitrogen and oxygen atoms in total. The summed E-state index contributed by atoms with van der Waals surface area (Å²) in [7, 11) is 0. The van der Waals surface area contributed by atoms with Crippen LogP contribution in [-0.2, 0) is 25.7 Å². The van der Waals surface area contributed by atoms with Crippen LogP contribution in [0.4, 0.5) is 0 Å². The van der Waals surface area contributed by atoms with Gasteiger partial charge >= 0.3 is 0 Å². The molecule has 34 heavy (non-hydrogen) atoms. The van der Waals surface area contributed by atoms with E-state index in [0.717, 1.165) is 42.4 Å². The molecule has 176 valence electrons. The maximum absolute atomic E-state index is 14.5. The monoisotopic (exact) mass is 560 g/mol. The van der Waals surface area contributed by atoms with Crippen LogP contribution in [0.5, 0.6) is 0 Å². The number of carbonyl (C=O) groups excluding carboxylic acids is 2. The maximum Gasteiger partial charge on any atom is 0.195 e. The van der Waals surface area contributed by atoms with Gasteiger partial charge in [-0.15, -0.1) is 22.7 Å². The van der Waals surface area contributed by atoms with E-state index in [1.54, 1.807) is 22.7 Å². The topological polar surface area (TPSA) is 34.1 Å². The van der Waals surface area contributed by atoms with Crippen molar-refractivity contribution in [1.29, 1.82) is 0 Å². The molecule has 1 aliphatic rings. The number of hydrogen-bond donors (Lipinski definition) is 4. The Morgan fingerprint density at radius 2 is 0.853 bits per heavy atom. The summed E-state index contributed by atoms with van der Waals surface area (Å²) in [6, 6.07) is 4.16. The van der Waals surface area contributed by atoms with E-state index in [0.29, 0.717) is 70.9 Å². The normalized spacial score (nSPS) is 13.2. The molecular formula is C26H24O2S6. The Bertz CT molecular complexity index is 1240. The molecule has 2 heterocycles. The lowest BCUT2D eigenvalue weighted by Crippen LogP contribution is -2.28. The highest BCUT2D eigenvalue weighted by atomic mass is 32.1. The number of fused-ring (bicyclic) bond motifs is 4. The molecule has 0 aliphatic heterocycles. The first-order valence-electron chi connectivity index (χ1n) is 11.2. The summed E-state index contributed by atoms with van der Waals surface area (Å²) in [5, 5.41) is 6.25. The van der Waals surface area contributed by atoms with Gasteiger partial charge in [0.15, 0.2) is 11.6 Å². The minimum Gasteiger partial charge on any atom is -0.289 e. The highest BCUT2D eigenvalue weighted by molar-refractivity contribution is 7.80. The van der Waals surface area contributed by atoms with Crippen molar-refractivity contribution in [2.75, 3.05) is 23.0 Å². The summed E-state index contributed by atoms with van der Waals surface area (Å²) in [5.74, 6) is 2.38. The number of carbonyl (C=O) groups is 2. The molecule has 1 aliphatic carbocycles. The minimum absolute atomic E-state index is 0.0235. The predicted octanol–water partition coefficient (Wildman–Crippen LogP) is 6.78. The van der Waals surface area contributed by atoms with Crippen LogP contribution < -0.4 is 0 Å². The molecule has 8 heteroatoms. The van der Waals surface area contributed by atoms with Gasteiger partial charge in [0.1, 0.15) is 0 Å². The Balaban J connectivity index is 1.95. The molecule has 2 aromatic carbocycles. The fraction of sp³-hybridized carbons (Fsp3) is 0.308. The van der Waals surface area contributed by atoms with Gasteiger partial charge in [0.25, 0.3) is 0 Å². The first kappa shape index (κ1) is 24.8. The van der Waals surface area contributed by atoms with E-state index in [9.17, 15) is 9.59 Å². The van der Waals surface area contributed by atoms with E-state index in [2.05, 4.69) is 73.4 Å². The summed E-state index contributed by atoms with van der Waals surface area (Å²) in [4.78, 5) is 28.9. The third-order valence-electron chi connectivity index (χ3n) is 6.59. The third-order valence-corrected chi connectivity index (χ3v) is 9.43. The standard InChI is InChI=1S/C26H24O2S6/c27-23-19-13(1-7-29)15-5-11-33-25(15)17(3-9-31)21(19)24(28)22-18(4-10-32)26-16(6-12-34-26)14(2-8-30)20(22)23/h5-6,11-12,29-32H,1-4,7-10H2. The first-order chi connectivity index (χ1) is 16.6. The summed E-state index contributed by atoms with van der Waals surface area (Å²) in [6.45, 7) is 0. The molecule has 0 atom stereocenters. The van der Waals surface area contributed by atoms with Crippen LogP contribution in [0.15, 0.2) is 22.9 Å². The molecule has 0 spiro atoms. The van der Waals surface area contributed by atoms with Gasteiger partial charge in [0, 0.05) is 31.7 Å². The number of thiol groups is 4. The largest absolute Gasteiger partial charge is 0.289 e. The van der Waals surface area contributed by atoms with Crippen LogP contribution in [-0.4, -0.2) is 34.6 Å². The van der Waals surface area contributed by atoms with Crippen LogP contribution in [0.25, 0.3) is 20.2 Å². The number of rotatable bonds is 8. The highest BCUT2D eigenvalue weighted by Crippen LogP contribution is 2.45. The zero-order valence-electron chi connectivity index (χ0n) is 18.4. The summed E-state index contributed by atoms with van der Waals surface area (Å²) < 4.78 is 2.19. The number of hydrogen-bond acceptors (Lipinski definition) is 8. The second-order valence-electron chi connectivity index (χ2n) is 8.29. The Hall–Kier alpha value is -0.900. The lowest BCUT2D eigenvalue weighted by molar-refractivity contribution is 0.0977. The Morgan fingerprint density at radius 1 is 0.529 bits per heavy atom. The van der Waals surface area contributed by atoms with Crippen molar-refractivity contribution in [2.24, 2.45) is 0 Å². The molecule has 0 unspecified atom stereocenters. The van der Waals surface area contributed by atoms with Gasteiger partial charge in [-0.05, 0) is 105 Å². The lowest BCUT2D eigenvalue weighted by atomic mass is 9.73. The highest BCUT2D eigenvalue weighted by Gasteiger charge is 2.39. The van der Waals surface area contributed by atoms with Crippen molar-refractivity contribution in [3.63, 3.8) is 0 Å². The summed E-state index contributed by atoms with van der Waals surface area (Å²) in [6.07, 6.45) is 2.57. The summed E-state index contributed by atoms with van der Waals surface area (Å²) in [5.41, 5.74) is 6.17. The Morgan fingerprint density at radius 3 is 1.21 bits per heavy atom. The van der Waals surface area contributed by atoms with E-state index in [-0.39, 0.29) is 11.6 Å². The predicted molar refractivity (Wildman–Crippen MR) is 161 cm³/mol. The van der Waals surface area contributed by atoms with E-state index in [1.165, 1.54) is 0 Å². The molecular weight excluding hydrogens is 537 g/mol. The van der Waals surface area contributed by atoms with Gasteiger partial charge in [-0.2, -0.15) is 50.5 Å². The second-order valence-corrected chi connectivity index (χ2v) is 11.9. The molecule has 0 saturated heterocycles. The van der Waals surface area contributed by atoms with Crippen molar-refractivity contribution in [3.8, 4) is 0 Å². The van der Waals surface area contributed by atoms with Crippen LogP contribution in [0, 0.1) is 0 Å². The van der Waals surface area contributed by atoms with E-state index in [1.807, 2.05) is 0 Å². The quantitative estimate of drug-likeness (QED) is 0.158. The van der Waals surface area contributed by atoms with Gasteiger partial charge in [-0.1, -0.05) is 0 Å². The lowest BCUT2D eigenvalue weighted by Gasteiger charge is -2.28. The Labute approximate surface area is 229 Å². The maximum atomic E-state index is 14.5. The second kappa shape index (κ2) is 10.2. The average Bonchev–Trinajstić information content (AvgIpc) is 3.50. The molecule has 4 aromatic rings. The third kappa shape index (κ3) is 3.71. The van der Waals surface area contributed by atoms with Gasteiger partial charge in [-0.3, -0.25) is 9.59 Å². The minimum atomic E-state index is -0.0276. The molecule has 0 amide bonds. The molecule has 0 bridgehead atoms. The van der Waals surface area contributed by atoms with Crippen molar-refractivity contribution in [3.05, 3.63) is 67.4 Å². The molecule has 0 N–H and O–H groups in total. The number of benzene rings is 2. The molecule has 0 saturated carbocycles. The fourth-order valence-corrected chi connectivity index (χ4v) is 8.26. The SMILES string of the molecule is O=C1c2c(c(CCS)c3sccc3c2CCS)C(=O)c2c1c(CCS)c1ccsc1c2CCS. The van der Waals surface area contributed by atoms with Gasteiger partial charge in [-0.25, -0.2) is 0 Å². The van der Waals surface area contributed by atoms with Crippen molar-refractivity contribution in [2.45, 2.75) is 25.7 Å². The van der Waals surface area contributed by atoms with Crippen LogP contribution >= 0.6 is 73.2 Å². The number of aryl methyl sites for hydroxylation is 4. The van der Waals surface area contributed by atoms with Crippen molar-refractivity contribution >= 4 is 105 Å². The van der Waals surface area contributed by atoms with Crippen LogP contribution in [0.2, 0.25) is 0 Å². The van der Waals surface area contributed by atoms with E-state index < -0.39 is 0 Å².